The van der Waals surface area contributed by atoms with Gasteiger partial charge in [0.15, 0.2) is 0 Å². The number of nitrogens with zero attached hydrogens (tertiary/aromatic N) is 1. The number of carbonyl (C=O) groups is 4. The standard InChI is InChI=1S/C23H21FN2O4/c24-17-5-1-15(2-6-17)12-18(27)7-3-14-4-8-19-16(11-14)13-26(23(19)30)20-9-10-21(28)25-22(20)29/h1-2,4-6,8,11,20H,3,7,9-10,12-13H2,(H,25,28,29). The van der Waals surface area contributed by atoms with Crippen molar-refractivity contribution in [2.24, 2.45) is 0 Å². The lowest BCUT2D eigenvalue weighted by molar-refractivity contribution is -0.137. The normalized spacial score (nSPS) is 18.4. The summed E-state index contributed by atoms with van der Waals surface area (Å²) in [6.07, 6.45) is 1.70. The molecule has 2 aromatic carbocycles. The number of aryl methyl sites for hydroxylation is 1. The molecule has 0 aliphatic carbocycles. The number of Topliss-reactive ketones (excluding diaryl/α,β-unsaturated/α-hetero) is 1. The molecule has 1 unspecified atom stereocenters. The average Bonchev–Trinajstić information content (AvgIpc) is 3.04. The van der Waals surface area contributed by atoms with Crippen LogP contribution in [-0.4, -0.2) is 34.4 Å². The quantitative estimate of drug-likeness (QED) is 0.744. The summed E-state index contributed by atoms with van der Waals surface area (Å²) in [5, 5.41) is 2.29. The first-order valence-corrected chi connectivity index (χ1v) is 9.93. The van der Waals surface area contributed by atoms with Gasteiger partial charge in [0.1, 0.15) is 17.6 Å². The fourth-order valence-electron chi connectivity index (χ4n) is 3.99. The number of piperidine rings is 1. The highest BCUT2D eigenvalue weighted by atomic mass is 19.1. The Morgan fingerprint density at radius 1 is 1.07 bits per heavy atom. The topological polar surface area (TPSA) is 83.6 Å². The number of hydrogen-bond donors (Lipinski definition) is 1. The molecule has 2 aliphatic heterocycles. The Hall–Kier alpha value is -3.35. The smallest absolute Gasteiger partial charge is 0.255 e. The van der Waals surface area contributed by atoms with E-state index in [1.807, 2.05) is 12.1 Å². The summed E-state index contributed by atoms with van der Waals surface area (Å²) in [6, 6.07) is 10.7. The summed E-state index contributed by atoms with van der Waals surface area (Å²) in [4.78, 5) is 49.9. The fourth-order valence-corrected chi connectivity index (χ4v) is 3.99. The number of amides is 3. The Labute approximate surface area is 173 Å². The molecule has 2 aromatic rings. The summed E-state index contributed by atoms with van der Waals surface area (Å²) in [5.74, 6) is -1.22. The molecule has 2 heterocycles. The number of hydrogen-bond acceptors (Lipinski definition) is 4. The maximum absolute atomic E-state index is 13.0. The molecule has 1 N–H and O–H groups in total. The molecule has 2 aliphatic rings. The number of ketones is 1. The van der Waals surface area contributed by atoms with Gasteiger partial charge >= 0.3 is 0 Å². The number of nitrogens with one attached hydrogen (secondary N) is 1. The molecule has 7 heteroatoms. The Morgan fingerprint density at radius 2 is 1.80 bits per heavy atom. The Balaban J connectivity index is 1.38. The van der Waals surface area contributed by atoms with Gasteiger partial charge < -0.3 is 4.90 Å². The van der Waals surface area contributed by atoms with E-state index in [1.165, 1.54) is 17.0 Å². The van der Waals surface area contributed by atoms with Gasteiger partial charge in [0.05, 0.1) is 0 Å². The Bertz CT molecular complexity index is 1030. The average molecular weight is 408 g/mol. The van der Waals surface area contributed by atoms with Crippen LogP contribution in [0.1, 0.15) is 46.3 Å². The highest BCUT2D eigenvalue weighted by molar-refractivity contribution is 6.05. The summed E-state index contributed by atoms with van der Waals surface area (Å²) in [7, 11) is 0. The Morgan fingerprint density at radius 3 is 2.53 bits per heavy atom. The monoisotopic (exact) mass is 408 g/mol. The summed E-state index contributed by atoms with van der Waals surface area (Å²) < 4.78 is 13.0. The molecule has 0 saturated carbocycles. The number of rotatable bonds is 6. The van der Waals surface area contributed by atoms with Gasteiger partial charge in [-0.3, -0.25) is 24.5 Å². The lowest BCUT2D eigenvalue weighted by atomic mass is 10.00. The van der Waals surface area contributed by atoms with Crippen molar-refractivity contribution >= 4 is 23.5 Å². The van der Waals surface area contributed by atoms with E-state index in [2.05, 4.69) is 5.32 Å². The Kier molecular flexibility index (Phi) is 5.44. The van der Waals surface area contributed by atoms with Crippen molar-refractivity contribution in [2.75, 3.05) is 0 Å². The van der Waals surface area contributed by atoms with E-state index in [9.17, 15) is 23.6 Å². The summed E-state index contributed by atoms with van der Waals surface area (Å²) >= 11 is 0. The molecule has 154 valence electrons. The van der Waals surface area contributed by atoms with Crippen LogP contribution in [0, 0.1) is 5.82 Å². The zero-order chi connectivity index (χ0) is 21.3. The molecule has 0 radical (unpaired) electrons. The first-order chi connectivity index (χ1) is 14.4. The predicted octanol–water partition coefficient (Wildman–Crippen LogP) is 2.33. The highest BCUT2D eigenvalue weighted by Gasteiger charge is 2.39. The second kappa shape index (κ2) is 8.18. The number of halogens is 1. The maximum Gasteiger partial charge on any atom is 0.255 e. The lowest BCUT2D eigenvalue weighted by Crippen LogP contribution is -2.52. The van der Waals surface area contributed by atoms with E-state index in [-0.39, 0.29) is 36.3 Å². The molecule has 0 aromatic heterocycles. The van der Waals surface area contributed by atoms with Crippen LogP contribution in [0.4, 0.5) is 4.39 Å². The number of imide groups is 1. The second-order valence-corrected chi connectivity index (χ2v) is 7.73. The van der Waals surface area contributed by atoms with Crippen molar-refractivity contribution < 1.29 is 23.6 Å². The summed E-state index contributed by atoms with van der Waals surface area (Å²) in [6.45, 7) is 0.317. The minimum atomic E-state index is -0.636. The zero-order valence-electron chi connectivity index (χ0n) is 16.3. The molecule has 1 saturated heterocycles. The van der Waals surface area contributed by atoms with E-state index in [0.717, 1.165) is 16.7 Å². The SMILES string of the molecule is O=C(CCc1ccc2c(c1)CN(C1CCC(=O)NC1=O)C2=O)Cc1ccc(F)cc1. The molecule has 0 spiro atoms. The van der Waals surface area contributed by atoms with Gasteiger partial charge in [0.2, 0.25) is 11.8 Å². The molecule has 4 rings (SSSR count). The van der Waals surface area contributed by atoms with E-state index in [4.69, 9.17) is 0 Å². The minimum absolute atomic E-state index is 0.0587. The van der Waals surface area contributed by atoms with Gasteiger partial charge in [-0.05, 0) is 47.7 Å². The van der Waals surface area contributed by atoms with Gasteiger partial charge in [-0.1, -0.05) is 24.3 Å². The molecule has 0 bridgehead atoms. The molecular weight excluding hydrogens is 387 g/mol. The molecule has 1 fully saturated rings. The van der Waals surface area contributed by atoms with Crippen LogP contribution in [0.2, 0.25) is 0 Å². The van der Waals surface area contributed by atoms with Crippen LogP contribution in [-0.2, 0) is 33.8 Å². The highest BCUT2D eigenvalue weighted by Crippen LogP contribution is 2.28. The molecule has 3 amide bonds. The van der Waals surface area contributed by atoms with Gasteiger partial charge in [-0.25, -0.2) is 4.39 Å². The van der Waals surface area contributed by atoms with Gasteiger partial charge in [-0.15, -0.1) is 0 Å². The van der Waals surface area contributed by atoms with Crippen molar-refractivity contribution in [3.63, 3.8) is 0 Å². The van der Waals surface area contributed by atoms with Crippen molar-refractivity contribution in [1.82, 2.24) is 10.2 Å². The van der Waals surface area contributed by atoms with Crippen LogP contribution in [0.15, 0.2) is 42.5 Å². The van der Waals surface area contributed by atoms with E-state index >= 15 is 0 Å². The molecule has 6 nitrogen and oxygen atoms in total. The third-order valence-corrected chi connectivity index (χ3v) is 5.60. The van der Waals surface area contributed by atoms with Gasteiger partial charge in [-0.2, -0.15) is 0 Å². The van der Waals surface area contributed by atoms with Crippen LogP contribution in [0.5, 0.6) is 0 Å². The van der Waals surface area contributed by atoms with Gasteiger partial charge in [0, 0.05) is 31.4 Å². The second-order valence-electron chi connectivity index (χ2n) is 7.73. The molecular formula is C23H21FN2O4. The maximum atomic E-state index is 13.0. The number of carbonyl (C=O) groups excluding carboxylic acids is 4. The third-order valence-electron chi connectivity index (χ3n) is 5.60. The summed E-state index contributed by atoms with van der Waals surface area (Å²) in [5.41, 5.74) is 3.11. The third kappa shape index (κ3) is 4.15. The van der Waals surface area contributed by atoms with Crippen LogP contribution in [0.3, 0.4) is 0 Å². The van der Waals surface area contributed by atoms with Crippen molar-refractivity contribution in [3.05, 3.63) is 70.5 Å². The van der Waals surface area contributed by atoms with Gasteiger partial charge in [0.25, 0.3) is 5.91 Å². The minimum Gasteiger partial charge on any atom is -0.322 e. The fraction of sp³-hybridized carbons (Fsp3) is 0.304. The van der Waals surface area contributed by atoms with Crippen LogP contribution in [0.25, 0.3) is 0 Å². The molecule has 30 heavy (non-hydrogen) atoms. The van der Waals surface area contributed by atoms with Crippen molar-refractivity contribution in [1.29, 1.82) is 0 Å². The number of fused-ring (bicyclic) bond motifs is 1. The van der Waals surface area contributed by atoms with E-state index in [1.54, 1.807) is 18.2 Å². The largest absolute Gasteiger partial charge is 0.322 e. The lowest BCUT2D eigenvalue weighted by Gasteiger charge is -2.29. The molecule has 1 atom stereocenters. The first-order valence-electron chi connectivity index (χ1n) is 9.93. The predicted molar refractivity (Wildman–Crippen MR) is 106 cm³/mol. The van der Waals surface area contributed by atoms with E-state index < -0.39 is 11.9 Å². The zero-order valence-corrected chi connectivity index (χ0v) is 16.3. The van der Waals surface area contributed by atoms with Crippen molar-refractivity contribution in [2.45, 2.75) is 44.7 Å². The van der Waals surface area contributed by atoms with Crippen molar-refractivity contribution in [3.8, 4) is 0 Å². The van der Waals surface area contributed by atoms with Crippen LogP contribution < -0.4 is 5.32 Å². The van der Waals surface area contributed by atoms with Crippen LogP contribution >= 0.6 is 0 Å². The van der Waals surface area contributed by atoms with E-state index in [0.29, 0.717) is 31.4 Å². The number of benzene rings is 2. The first kappa shape index (κ1) is 19.9.